The second-order valence-corrected chi connectivity index (χ2v) is 24.8. The zero-order chi connectivity index (χ0) is 41.1. The number of allylic oxidation sites excluding steroid dienone is 2. The third-order valence-corrected chi connectivity index (χ3v) is 20.6. The number of hydrogen-bond donors (Lipinski definition) is 3. The molecule has 0 saturated heterocycles. The first-order valence-corrected chi connectivity index (χ1v) is 25.3. The minimum Gasteiger partial charge on any atom is -0.393 e. The normalized spacial score (nSPS) is 46.1. The van der Waals surface area contributed by atoms with Gasteiger partial charge in [-0.1, -0.05) is 111 Å². The molecule has 6 fully saturated rings. The maximum Gasteiger partial charge on any atom is 0.0591 e. The number of fused-ring (bicyclic) bond motifs is 10. The molecular weight excluding hydrogens is 697 g/mol. The van der Waals surface area contributed by atoms with Crippen LogP contribution in [0, 0.1) is 86.8 Å². The van der Waals surface area contributed by atoms with Crippen molar-refractivity contribution in [1.29, 1.82) is 0 Å². The van der Waals surface area contributed by atoms with Gasteiger partial charge >= 0.3 is 0 Å². The van der Waals surface area contributed by atoms with Gasteiger partial charge in [0.1, 0.15) is 0 Å². The van der Waals surface area contributed by atoms with Crippen molar-refractivity contribution in [2.75, 3.05) is 0 Å². The van der Waals surface area contributed by atoms with Crippen LogP contribution >= 0.6 is 0 Å². The molecule has 8 aliphatic rings. The molecular formula is C54H92O3. The fourth-order valence-corrected chi connectivity index (χ4v) is 17.3. The van der Waals surface area contributed by atoms with E-state index < -0.39 is 5.60 Å². The van der Waals surface area contributed by atoms with Gasteiger partial charge < -0.3 is 15.3 Å². The molecule has 0 radical (unpaired) electrons. The smallest absolute Gasteiger partial charge is 0.0591 e. The minimum atomic E-state index is -0.519. The average Bonchev–Trinajstić information content (AvgIpc) is 3.68. The summed E-state index contributed by atoms with van der Waals surface area (Å²) in [6, 6.07) is 0. The van der Waals surface area contributed by atoms with E-state index in [1.807, 2.05) is 13.8 Å². The molecule has 3 heteroatoms. The number of rotatable bonds is 10. The Balaban J connectivity index is 0.000000174. The van der Waals surface area contributed by atoms with Crippen LogP contribution in [0.25, 0.3) is 0 Å². The summed E-state index contributed by atoms with van der Waals surface area (Å²) in [4.78, 5) is 0. The van der Waals surface area contributed by atoms with Crippen molar-refractivity contribution in [1.82, 2.24) is 0 Å². The lowest BCUT2D eigenvalue weighted by Gasteiger charge is -2.58. The van der Waals surface area contributed by atoms with E-state index in [9.17, 15) is 15.3 Å². The number of aliphatic hydroxyl groups excluding tert-OH is 2. The molecule has 0 aromatic carbocycles. The van der Waals surface area contributed by atoms with Crippen molar-refractivity contribution in [3.63, 3.8) is 0 Å². The lowest BCUT2D eigenvalue weighted by molar-refractivity contribution is -0.0575. The standard InChI is InChI=1S/C27H46O2.C27H46O/c1-18(7-6-14-25(2,3)29)22-10-11-23-21-9-8-19-17-20(28)12-15-26(19,4)24(21)13-16-27(22,23)5;1-18(2)7-6-8-19(3)23-11-12-24-22-10-9-20-17-21(28)13-15-26(20,4)25(22)14-16-27(23,24)5/h8,18,20-24,28-29H,6-7,9-17H2,1-5H3;9,18-19,21-25,28H,6-8,10-17H2,1-5H3/t18-,20+,21+,22-,23+,24+,26+,27-;19-,21+,22+,23-,24+,25+,26+,27-/m11/s1. The van der Waals surface area contributed by atoms with Crippen LogP contribution in [-0.2, 0) is 0 Å². The SMILES string of the molecule is CC(C)CCC[C@@H](C)[C@H]1CC[C@H]2[C@@H]3CC=C4C[C@@H](O)CC[C@]4(C)[C@H]3CC[C@]12C.C[C@H](CCCC(C)(C)O)[C@H]1CC[C@H]2[C@@H]3CC=C4C[C@@H](O)CC[C@]4(C)[C@H]3CC[C@]12C. The number of aliphatic hydroxyl groups is 3. The highest BCUT2D eigenvalue weighted by Gasteiger charge is 2.60. The Kier molecular flexibility index (Phi) is 13.2. The molecule has 8 aliphatic carbocycles. The van der Waals surface area contributed by atoms with Crippen LogP contribution in [0.3, 0.4) is 0 Å². The van der Waals surface area contributed by atoms with Gasteiger partial charge in [-0.05, 0) is 210 Å². The topological polar surface area (TPSA) is 60.7 Å². The molecule has 16 atom stereocenters. The Morgan fingerprint density at radius 1 is 0.579 bits per heavy atom. The fourth-order valence-electron chi connectivity index (χ4n) is 17.3. The summed E-state index contributed by atoms with van der Waals surface area (Å²) in [6.07, 6.45) is 33.0. The zero-order valence-electron chi connectivity index (χ0n) is 39.1. The van der Waals surface area contributed by atoms with Crippen molar-refractivity contribution in [3.8, 4) is 0 Å². The summed E-state index contributed by atoms with van der Waals surface area (Å²) in [5.74, 6) is 9.70. The molecule has 3 N–H and O–H groups in total. The van der Waals surface area contributed by atoms with E-state index in [4.69, 9.17) is 0 Å². The van der Waals surface area contributed by atoms with Crippen LogP contribution in [0.1, 0.15) is 210 Å². The Labute approximate surface area is 352 Å². The highest BCUT2D eigenvalue weighted by Crippen LogP contribution is 2.69. The minimum absolute atomic E-state index is 0.0766. The molecule has 3 nitrogen and oxygen atoms in total. The van der Waals surface area contributed by atoms with Crippen molar-refractivity contribution in [2.24, 2.45) is 86.8 Å². The van der Waals surface area contributed by atoms with Gasteiger partial charge in [-0.15, -0.1) is 0 Å². The van der Waals surface area contributed by atoms with Gasteiger partial charge in [0.2, 0.25) is 0 Å². The van der Waals surface area contributed by atoms with E-state index in [0.29, 0.717) is 21.7 Å². The van der Waals surface area contributed by atoms with Crippen LogP contribution in [0.2, 0.25) is 0 Å². The summed E-state index contributed by atoms with van der Waals surface area (Å²) in [6.45, 7) is 24.1. The van der Waals surface area contributed by atoms with Crippen LogP contribution < -0.4 is 0 Å². The van der Waals surface area contributed by atoms with Gasteiger partial charge in [-0.2, -0.15) is 0 Å². The summed E-state index contributed by atoms with van der Waals surface area (Å²) < 4.78 is 0. The first-order chi connectivity index (χ1) is 26.8. The molecule has 0 heterocycles. The van der Waals surface area contributed by atoms with E-state index in [0.717, 1.165) is 104 Å². The fraction of sp³-hybridized carbons (Fsp3) is 0.926. The van der Waals surface area contributed by atoms with E-state index >= 15 is 0 Å². The van der Waals surface area contributed by atoms with Crippen LogP contribution in [0.4, 0.5) is 0 Å². The molecule has 0 amide bonds. The Bertz CT molecular complexity index is 1440. The molecule has 0 aliphatic heterocycles. The quantitative estimate of drug-likeness (QED) is 0.193. The van der Waals surface area contributed by atoms with Crippen molar-refractivity contribution < 1.29 is 15.3 Å². The molecule has 6 saturated carbocycles. The van der Waals surface area contributed by atoms with E-state index in [1.165, 1.54) is 103 Å². The maximum absolute atomic E-state index is 10.2. The highest BCUT2D eigenvalue weighted by atomic mass is 16.3. The Morgan fingerprint density at radius 3 is 1.44 bits per heavy atom. The second kappa shape index (κ2) is 16.9. The number of hydrogen-bond acceptors (Lipinski definition) is 3. The monoisotopic (exact) mass is 789 g/mol. The van der Waals surface area contributed by atoms with E-state index in [-0.39, 0.29) is 12.2 Å². The third-order valence-electron chi connectivity index (χ3n) is 20.6. The van der Waals surface area contributed by atoms with Gasteiger partial charge in [0.15, 0.2) is 0 Å². The van der Waals surface area contributed by atoms with Crippen LogP contribution in [-0.4, -0.2) is 33.1 Å². The average molecular weight is 789 g/mol. The Hall–Kier alpha value is -0.640. The first-order valence-electron chi connectivity index (χ1n) is 25.3. The lowest BCUT2D eigenvalue weighted by atomic mass is 9.47. The summed E-state index contributed by atoms with van der Waals surface area (Å²) in [7, 11) is 0. The summed E-state index contributed by atoms with van der Waals surface area (Å²) >= 11 is 0. The molecule has 0 spiro atoms. The molecule has 0 aromatic heterocycles. The summed E-state index contributed by atoms with van der Waals surface area (Å²) in [5.41, 5.74) is 4.56. The predicted octanol–water partition coefficient (Wildman–Crippen LogP) is 13.9. The van der Waals surface area contributed by atoms with Gasteiger partial charge in [-0.3, -0.25) is 0 Å². The van der Waals surface area contributed by atoms with Gasteiger partial charge in [0.25, 0.3) is 0 Å². The van der Waals surface area contributed by atoms with Crippen LogP contribution in [0.5, 0.6) is 0 Å². The van der Waals surface area contributed by atoms with E-state index in [1.54, 1.807) is 11.1 Å². The first kappa shape index (κ1) is 44.4. The highest BCUT2D eigenvalue weighted by molar-refractivity contribution is 5.27. The second-order valence-electron chi connectivity index (χ2n) is 24.8. The van der Waals surface area contributed by atoms with Crippen LogP contribution in [0.15, 0.2) is 23.3 Å². The predicted molar refractivity (Wildman–Crippen MR) is 240 cm³/mol. The molecule has 57 heavy (non-hydrogen) atoms. The van der Waals surface area contributed by atoms with Gasteiger partial charge in [-0.25, -0.2) is 0 Å². The van der Waals surface area contributed by atoms with Crippen molar-refractivity contribution in [3.05, 3.63) is 23.3 Å². The van der Waals surface area contributed by atoms with Crippen molar-refractivity contribution in [2.45, 2.75) is 228 Å². The molecule has 8 rings (SSSR count). The van der Waals surface area contributed by atoms with Crippen molar-refractivity contribution >= 4 is 0 Å². The summed E-state index contributed by atoms with van der Waals surface area (Å²) in [5, 5.41) is 30.5. The third kappa shape index (κ3) is 8.48. The Morgan fingerprint density at radius 2 is 1.02 bits per heavy atom. The molecule has 0 bridgehead atoms. The zero-order valence-corrected chi connectivity index (χ0v) is 39.1. The van der Waals surface area contributed by atoms with Gasteiger partial charge in [0.05, 0.1) is 17.8 Å². The van der Waals surface area contributed by atoms with E-state index in [2.05, 4.69) is 67.5 Å². The largest absolute Gasteiger partial charge is 0.393 e. The molecule has 0 aromatic rings. The van der Waals surface area contributed by atoms with Gasteiger partial charge in [0, 0.05) is 0 Å². The maximum atomic E-state index is 10.2. The molecule has 326 valence electrons. The molecule has 0 unspecified atom stereocenters. The lowest BCUT2D eigenvalue weighted by Crippen LogP contribution is -2.50.